The lowest BCUT2D eigenvalue weighted by molar-refractivity contribution is -0.0599. The van der Waals surface area contributed by atoms with E-state index >= 15 is 0 Å². The Morgan fingerprint density at radius 1 is 1.17 bits per heavy atom. The predicted molar refractivity (Wildman–Crippen MR) is 87.5 cm³/mol. The second-order valence-corrected chi connectivity index (χ2v) is 6.67. The number of hydrogen-bond acceptors (Lipinski definition) is 5. The van der Waals surface area contributed by atoms with Gasteiger partial charge in [0.1, 0.15) is 6.10 Å². The first-order chi connectivity index (χ1) is 11.3. The highest BCUT2D eigenvalue weighted by Gasteiger charge is 2.43. The van der Waals surface area contributed by atoms with Gasteiger partial charge in [0.15, 0.2) is 5.15 Å². The van der Waals surface area contributed by atoms with Gasteiger partial charge in [0.25, 0.3) is 0 Å². The van der Waals surface area contributed by atoms with Crippen LogP contribution in [0.25, 0.3) is 0 Å². The number of halogens is 1. The lowest BCUT2D eigenvalue weighted by Crippen LogP contribution is -2.60. The van der Waals surface area contributed by atoms with E-state index in [4.69, 9.17) is 16.3 Å². The molecule has 0 spiro atoms. The number of ether oxygens (including phenoxy) is 1. The van der Waals surface area contributed by atoms with E-state index in [0.717, 1.165) is 19.5 Å². The van der Waals surface area contributed by atoms with Crippen molar-refractivity contribution < 1.29 is 4.74 Å². The van der Waals surface area contributed by atoms with Gasteiger partial charge < -0.3 is 4.74 Å². The highest BCUT2D eigenvalue weighted by atomic mass is 35.5. The molecule has 23 heavy (non-hydrogen) atoms. The number of fused-ring (bicyclic) bond motifs is 3. The zero-order valence-corrected chi connectivity index (χ0v) is 13.6. The van der Waals surface area contributed by atoms with Crippen molar-refractivity contribution in [3.63, 3.8) is 0 Å². The molecule has 120 valence electrons. The lowest BCUT2D eigenvalue weighted by atomic mass is 9.78. The SMILES string of the molecule is Clc1ccc(O[C@H]2C3CCN(CC3)[C@@H]2Cc2cccnc2)nn1. The van der Waals surface area contributed by atoms with Crippen LogP contribution in [0, 0.1) is 5.92 Å². The Hall–Kier alpha value is -1.72. The van der Waals surface area contributed by atoms with Crippen molar-refractivity contribution >= 4 is 11.6 Å². The van der Waals surface area contributed by atoms with E-state index in [2.05, 4.69) is 26.1 Å². The van der Waals surface area contributed by atoms with Crippen molar-refractivity contribution in [2.45, 2.75) is 31.4 Å². The molecule has 0 radical (unpaired) electrons. The van der Waals surface area contributed by atoms with Gasteiger partial charge in [-0.2, -0.15) is 0 Å². The van der Waals surface area contributed by atoms with Crippen LogP contribution in [0.15, 0.2) is 36.7 Å². The first-order valence-electron chi connectivity index (χ1n) is 8.08. The molecule has 0 unspecified atom stereocenters. The van der Waals surface area contributed by atoms with E-state index in [9.17, 15) is 0 Å². The molecule has 5 nitrogen and oxygen atoms in total. The number of nitrogens with zero attached hydrogens (tertiary/aromatic N) is 4. The molecule has 2 bridgehead atoms. The maximum Gasteiger partial charge on any atom is 0.233 e. The van der Waals surface area contributed by atoms with E-state index < -0.39 is 0 Å². The smallest absolute Gasteiger partial charge is 0.233 e. The van der Waals surface area contributed by atoms with Crippen molar-refractivity contribution in [1.82, 2.24) is 20.1 Å². The summed E-state index contributed by atoms with van der Waals surface area (Å²) in [6, 6.07) is 8.02. The van der Waals surface area contributed by atoms with Gasteiger partial charge in [-0.1, -0.05) is 17.7 Å². The highest BCUT2D eigenvalue weighted by Crippen LogP contribution is 2.36. The molecule has 3 aliphatic heterocycles. The fraction of sp³-hybridized carbons (Fsp3) is 0.471. The monoisotopic (exact) mass is 330 g/mol. The van der Waals surface area contributed by atoms with E-state index in [-0.39, 0.29) is 6.10 Å². The Morgan fingerprint density at radius 3 is 2.74 bits per heavy atom. The topological polar surface area (TPSA) is 51.1 Å². The number of pyridine rings is 1. The largest absolute Gasteiger partial charge is 0.471 e. The summed E-state index contributed by atoms with van der Waals surface area (Å²) in [5, 5.41) is 8.33. The molecular weight excluding hydrogens is 312 g/mol. The van der Waals surface area contributed by atoms with Gasteiger partial charge in [-0.15, -0.1) is 10.2 Å². The van der Waals surface area contributed by atoms with Crippen LogP contribution in [0.4, 0.5) is 0 Å². The summed E-state index contributed by atoms with van der Waals surface area (Å²) in [7, 11) is 0. The lowest BCUT2D eigenvalue weighted by Gasteiger charge is -2.50. The van der Waals surface area contributed by atoms with Crippen LogP contribution in [0.1, 0.15) is 18.4 Å². The Morgan fingerprint density at radius 2 is 2.04 bits per heavy atom. The molecule has 0 aliphatic carbocycles. The van der Waals surface area contributed by atoms with Crippen LogP contribution in [-0.4, -0.2) is 45.3 Å². The van der Waals surface area contributed by atoms with Crippen LogP contribution in [0.3, 0.4) is 0 Å². The average molecular weight is 331 g/mol. The maximum atomic E-state index is 6.23. The average Bonchev–Trinajstić information content (AvgIpc) is 2.61. The van der Waals surface area contributed by atoms with Gasteiger partial charge in [0.2, 0.25) is 5.88 Å². The zero-order valence-electron chi connectivity index (χ0n) is 12.8. The van der Waals surface area contributed by atoms with Gasteiger partial charge in [0.05, 0.1) is 6.04 Å². The van der Waals surface area contributed by atoms with Crippen molar-refractivity contribution in [2.24, 2.45) is 5.92 Å². The summed E-state index contributed by atoms with van der Waals surface area (Å²) >= 11 is 5.81. The molecule has 0 aromatic carbocycles. The van der Waals surface area contributed by atoms with Crippen LogP contribution >= 0.6 is 11.6 Å². The number of aromatic nitrogens is 3. The molecule has 3 saturated heterocycles. The Bertz CT molecular complexity index is 643. The van der Waals surface area contributed by atoms with Crippen molar-refractivity contribution in [3.8, 4) is 5.88 Å². The fourth-order valence-corrected chi connectivity index (χ4v) is 3.89. The summed E-state index contributed by atoms with van der Waals surface area (Å²) in [5.41, 5.74) is 1.25. The number of rotatable bonds is 4. The normalized spacial score (nSPS) is 29.4. The van der Waals surface area contributed by atoms with Crippen molar-refractivity contribution in [2.75, 3.05) is 13.1 Å². The van der Waals surface area contributed by atoms with Crippen LogP contribution in [-0.2, 0) is 6.42 Å². The summed E-state index contributed by atoms with van der Waals surface area (Å²) in [6.07, 6.45) is 7.24. The van der Waals surface area contributed by atoms with Crippen molar-refractivity contribution in [3.05, 3.63) is 47.4 Å². The third-order valence-corrected chi connectivity index (χ3v) is 5.12. The quantitative estimate of drug-likeness (QED) is 0.862. The summed E-state index contributed by atoms with van der Waals surface area (Å²) in [4.78, 5) is 6.78. The Balaban J connectivity index is 1.55. The van der Waals surface area contributed by atoms with E-state index in [1.165, 1.54) is 18.4 Å². The van der Waals surface area contributed by atoms with Gasteiger partial charge in [-0.25, -0.2) is 0 Å². The second-order valence-electron chi connectivity index (χ2n) is 6.28. The standard InChI is InChI=1S/C17H19ClN4O/c18-15-3-4-16(21-20-15)23-17-13-5-8-22(9-6-13)14(17)10-12-2-1-7-19-11-12/h1-4,7,11,13-14,17H,5-6,8-10H2/t14-,17+/m1/s1. The number of hydrogen-bond donors (Lipinski definition) is 0. The molecule has 3 fully saturated rings. The minimum absolute atomic E-state index is 0.146. The second kappa shape index (κ2) is 6.42. The minimum atomic E-state index is 0.146. The van der Waals surface area contributed by atoms with E-state index in [1.807, 2.05) is 18.5 Å². The van der Waals surface area contributed by atoms with Gasteiger partial charge in [0, 0.05) is 18.5 Å². The third kappa shape index (κ3) is 3.16. The molecule has 2 atom stereocenters. The third-order valence-electron chi connectivity index (χ3n) is 4.92. The molecule has 0 N–H and O–H groups in total. The molecule has 2 aromatic heterocycles. The fourth-order valence-electron chi connectivity index (χ4n) is 3.79. The molecular formula is C17H19ClN4O. The van der Waals surface area contributed by atoms with E-state index in [0.29, 0.717) is 23.0 Å². The predicted octanol–water partition coefficient (Wildman–Crippen LogP) is 2.61. The molecule has 0 saturated carbocycles. The highest BCUT2D eigenvalue weighted by molar-refractivity contribution is 6.29. The Kier molecular flexibility index (Phi) is 4.14. The molecule has 5 heterocycles. The van der Waals surface area contributed by atoms with Crippen LogP contribution in [0.2, 0.25) is 5.15 Å². The zero-order chi connectivity index (χ0) is 15.6. The number of piperidine rings is 3. The first kappa shape index (κ1) is 14.8. The van der Waals surface area contributed by atoms with Gasteiger partial charge in [-0.3, -0.25) is 9.88 Å². The molecule has 2 aromatic rings. The molecule has 0 amide bonds. The summed E-state index contributed by atoms with van der Waals surface area (Å²) < 4.78 is 6.23. The minimum Gasteiger partial charge on any atom is -0.471 e. The summed E-state index contributed by atoms with van der Waals surface area (Å²) in [5.74, 6) is 1.14. The van der Waals surface area contributed by atoms with Gasteiger partial charge in [-0.05, 0) is 56.0 Å². The van der Waals surface area contributed by atoms with Gasteiger partial charge >= 0.3 is 0 Å². The van der Waals surface area contributed by atoms with Crippen LogP contribution < -0.4 is 4.74 Å². The molecule has 5 rings (SSSR count). The Labute approximate surface area is 140 Å². The first-order valence-corrected chi connectivity index (χ1v) is 8.46. The summed E-state index contributed by atoms with van der Waals surface area (Å²) in [6.45, 7) is 2.31. The van der Waals surface area contributed by atoms with Crippen molar-refractivity contribution in [1.29, 1.82) is 0 Å². The van der Waals surface area contributed by atoms with E-state index in [1.54, 1.807) is 12.1 Å². The maximum absolute atomic E-state index is 6.23. The molecule has 3 aliphatic rings. The van der Waals surface area contributed by atoms with Crippen LogP contribution in [0.5, 0.6) is 5.88 Å². The molecule has 6 heteroatoms.